The molecule has 0 unspecified atom stereocenters. The Morgan fingerprint density at radius 3 is 2.38 bits per heavy atom. The van der Waals surface area contributed by atoms with Gasteiger partial charge in [0.15, 0.2) is 0 Å². The number of nitrogens with zero attached hydrogens (tertiary/aromatic N) is 1. The van der Waals surface area contributed by atoms with Gasteiger partial charge >= 0.3 is 5.97 Å². The van der Waals surface area contributed by atoms with Crippen molar-refractivity contribution in [3.8, 4) is 5.75 Å². The molecule has 0 spiro atoms. The molecule has 0 aliphatic rings. The quantitative estimate of drug-likeness (QED) is 0.235. The van der Waals surface area contributed by atoms with E-state index in [9.17, 15) is 14.9 Å². The summed E-state index contributed by atoms with van der Waals surface area (Å²) in [5.41, 5.74) is 0.682. The molecule has 0 radical (unpaired) electrons. The van der Waals surface area contributed by atoms with Gasteiger partial charge in [-0.1, -0.05) is 30.3 Å². The van der Waals surface area contributed by atoms with E-state index < -0.39 is 10.9 Å². The van der Waals surface area contributed by atoms with Crippen molar-refractivity contribution >= 4 is 28.5 Å². The van der Waals surface area contributed by atoms with E-state index in [0.29, 0.717) is 11.3 Å². The van der Waals surface area contributed by atoms with Crippen LogP contribution in [0.5, 0.6) is 5.75 Å². The first-order valence-electron chi connectivity index (χ1n) is 7.25. The van der Waals surface area contributed by atoms with Crippen LogP contribution in [0.4, 0.5) is 5.69 Å². The highest BCUT2D eigenvalue weighted by Gasteiger charge is 2.04. The molecule has 0 N–H and O–H groups in total. The molecule has 0 saturated heterocycles. The van der Waals surface area contributed by atoms with E-state index in [0.717, 1.165) is 10.8 Å². The number of esters is 1. The fourth-order valence-corrected chi connectivity index (χ4v) is 2.25. The fraction of sp³-hybridized carbons (Fsp3) is 0. The Bertz CT molecular complexity index is 930. The summed E-state index contributed by atoms with van der Waals surface area (Å²) in [4.78, 5) is 22.0. The van der Waals surface area contributed by atoms with Crippen LogP contribution in [0.25, 0.3) is 16.8 Å². The lowest BCUT2D eigenvalue weighted by atomic mass is 10.1. The van der Waals surface area contributed by atoms with Crippen LogP contribution < -0.4 is 4.74 Å². The molecule has 0 aliphatic carbocycles. The minimum atomic E-state index is -0.511. The lowest BCUT2D eigenvalue weighted by molar-refractivity contribution is -0.384. The molecule has 0 saturated carbocycles. The number of non-ortho nitro benzene ring substituents is 1. The summed E-state index contributed by atoms with van der Waals surface area (Å²) in [5, 5.41) is 12.6. The SMILES string of the molecule is O=C(/C=C/c1ccc([N+](=O)[O-])cc1)Oc1ccc2ccccc2c1. The first-order chi connectivity index (χ1) is 11.6. The van der Waals surface area contributed by atoms with E-state index in [2.05, 4.69) is 0 Å². The maximum atomic E-state index is 11.9. The molecule has 0 aliphatic heterocycles. The van der Waals surface area contributed by atoms with Gasteiger partial charge in [-0.2, -0.15) is 0 Å². The van der Waals surface area contributed by atoms with Gasteiger partial charge in [0.1, 0.15) is 5.75 Å². The Morgan fingerprint density at radius 2 is 1.67 bits per heavy atom. The standard InChI is InChI=1S/C19H13NO4/c21-19(12-7-14-5-9-17(10-6-14)20(22)23)24-18-11-8-15-3-1-2-4-16(15)13-18/h1-13H/b12-7+. The first kappa shape index (κ1) is 15.4. The zero-order chi connectivity index (χ0) is 16.9. The molecule has 24 heavy (non-hydrogen) atoms. The van der Waals surface area contributed by atoms with Gasteiger partial charge in [-0.05, 0) is 46.7 Å². The van der Waals surface area contributed by atoms with Crippen molar-refractivity contribution in [2.45, 2.75) is 0 Å². The minimum Gasteiger partial charge on any atom is -0.423 e. The number of hydrogen-bond donors (Lipinski definition) is 0. The summed E-state index contributed by atoms with van der Waals surface area (Å²) in [6.07, 6.45) is 2.84. The van der Waals surface area contributed by atoms with E-state index in [-0.39, 0.29) is 5.69 Å². The van der Waals surface area contributed by atoms with Gasteiger partial charge in [-0.3, -0.25) is 10.1 Å². The van der Waals surface area contributed by atoms with Crippen molar-refractivity contribution in [2.75, 3.05) is 0 Å². The van der Waals surface area contributed by atoms with Crippen molar-refractivity contribution in [3.05, 3.63) is 88.5 Å². The van der Waals surface area contributed by atoms with Crippen LogP contribution in [-0.4, -0.2) is 10.9 Å². The average Bonchev–Trinajstić information content (AvgIpc) is 2.60. The van der Waals surface area contributed by atoms with Gasteiger partial charge in [0.05, 0.1) is 4.92 Å². The highest BCUT2D eigenvalue weighted by Crippen LogP contribution is 2.21. The molecular weight excluding hydrogens is 306 g/mol. The smallest absolute Gasteiger partial charge is 0.336 e. The van der Waals surface area contributed by atoms with Crippen LogP contribution in [0.1, 0.15) is 5.56 Å². The van der Waals surface area contributed by atoms with Crippen LogP contribution in [0.15, 0.2) is 72.8 Å². The van der Waals surface area contributed by atoms with Crippen LogP contribution in [0.3, 0.4) is 0 Å². The largest absolute Gasteiger partial charge is 0.423 e. The van der Waals surface area contributed by atoms with Crippen LogP contribution in [0.2, 0.25) is 0 Å². The number of rotatable bonds is 4. The average molecular weight is 319 g/mol. The highest BCUT2D eigenvalue weighted by molar-refractivity contribution is 5.90. The van der Waals surface area contributed by atoms with Crippen molar-refractivity contribution in [1.29, 1.82) is 0 Å². The third-order valence-corrected chi connectivity index (χ3v) is 3.46. The van der Waals surface area contributed by atoms with E-state index >= 15 is 0 Å². The Morgan fingerprint density at radius 1 is 0.958 bits per heavy atom. The zero-order valence-corrected chi connectivity index (χ0v) is 12.6. The minimum absolute atomic E-state index is 0.00545. The number of fused-ring (bicyclic) bond motifs is 1. The molecule has 0 bridgehead atoms. The number of nitro groups is 1. The van der Waals surface area contributed by atoms with Crippen LogP contribution >= 0.6 is 0 Å². The Balaban J connectivity index is 1.68. The van der Waals surface area contributed by atoms with Crippen molar-refractivity contribution in [1.82, 2.24) is 0 Å². The third kappa shape index (κ3) is 3.64. The second-order valence-corrected chi connectivity index (χ2v) is 5.11. The van der Waals surface area contributed by atoms with Gasteiger partial charge in [0.2, 0.25) is 0 Å². The molecule has 118 valence electrons. The lowest BCUT2D eigenvalue weighted by Gasteiger charge is -2.03. The summed E-state index contributed by atoms with van der Waals surface area (Å²) in [5.74, 6) is -0.0457. The Hall–Kier alpha value is -3.47. The van der Waals surface area contributed by atoms with E-state index in [1.807, 2.05) is 30.3 Å². The first-order valence-corrected chi connectivity index (χ1v) is 7.25. The monoisotopic (exact) mass is 319 g/mol. The van der Waals surface area contributed by atoms with Crippen molar-refractivity contribution in [3.63, 3.8) is 0 Å². The lowest BCUT2D eigenvalue weighted by Crippen LogP contribution is -2.03. The number of ether oxygens (including phenoxy) is 1. The molecule has 0 fully saturated rings. The normalized spacial score (nSPS) is 10.8. The van der Waals surface area contributed by atoms with Crippen LogP contribution in [-0.2, 0) is 4.79 Å². The van der Waals surface area contributed by atoms with Gasteiger partial charge in [0.25, 0.3) is 5.69 Å². The summed E-state index contributed by atoms with van der Waals surface area (Å²) in [6, 6.07) is 19.1. The molecule has 0 heterocycles. The molecule has 0 aromatic heterocycles. The number of carbonyl (C=O) groups excluding carboxylic acids is 1. The molecular formula is C19H13NO4. The number of hydrogen-bond acceptors (Lipinski definition) is 4. The number of carbonyl (C=O) groups is 1. The van der Waals surface area contributed by atoms with E-state index in [1.165, 1.54) is 18.2 Å². The van der Waals surface area contributed by atoms with Gasteiger partial charge in [-0.15, -0.1) is 0 Å². The molecule has 0 atom stereocenters. The van der Waals surface area contributed by atoms with Crippen molar-refractivity contribution in [2.24, 2.45) is 0 Å². The van der Waals surface area contributed by atoms with Crippen molar-refractivity contribution < 1.29 is 14.5 Å². The molecule has 5 nitrogen and oxygen atoms in total. The fourth-order valence-electron chi connectivity index (χ4n) is 2.25. The van der Waals surface area contributed by atoms with Crippen LogP contribution in [0, 0.1) is 10.1 Å². The second-order valence-electron chi connectivity index (χ2n) is 5.11. The third-order valence-electron chi connectivity index (χ3n) is 3.46. The second kappa shape index (κ2) is 6.75. The number of benzene rings is 3. The van der Waals surface area contributed by atoms with Gasteiger partial charge in [0, 0.05) is 18.2 Å². The molecule has 5 heteroatoms. The predicted octanol–water partition coefficient (Wildman–Crippen LogP) is 4.37. The molecule has 3 aromatic rings. The van der Waals surface area contributed by atoms with E-state index in [1.54, 1.807) is 30.3 Å². The highest BCUT2D eigenvalue weighted by atomic mass is 16.6. The molecule has 0 amide bonds. The predicted molar refractivity (Wildman–Crippen MR) is 91.7 cm³/mol. The number of nitro benzene ring substituents is 1. The Kier molecular flexibility index (Phi) is 4.34. The van der Waals surface area contributed by atoms with Gasteiger partial charge in [-0.25, -0.2) is 4.79 Å². The Labute approximate surface area is 138 Å². The molecule has 3 aromatic carbocycles. The summed E-state index contributed by atoms with van der Waals surface area (Å²) in [6.45, 7) is 0. The zero-order valence-electron chi connectivity index (χ0n) is 12.6. The maximum Gasteiger partial charge on any atom is 0.336 e. The summed E-state index contributed by atoms with van der Waals surface area (Å²) >= 11 is 0. The van der Waals surface area contributed by atoms with E-state index in [4.69, 9.17) is 4.74 Å². The van der Waals surface area contributed by atoms with Gasteiger partial charge < -0.3 is 4.74 Å². The summed E-state index contributed by atoms with van der Waals surface area (Å²) < 4.78 is 5.27. The molecule has 3 rings (SSSR count). The maximum absolute atomic E-state index is 11.9. The topological polar surface area (TPSA) is 69.4 Å². The summed E-state index contributed by atoms with van der Waals surface area (Å²) in [7, 11) is 0.